The van der Waals surface area contributed by atoms with Crippen molar-refractivity contribution in [2.24, 2.45) is 0 Å². The van der Waals surface area contributed by atoms with E-state index in [1.807, 2.05) is 0 Å². The highest BCUT2D eigenvalue weighted by Gasteiger charge is 2.21. The molecule has 0 aliphatic rings. The molecule has 0 bridgehead atoms. The lowest BCUT2D eigenvalue weighted by Crippen LogP contribution is -2.24. The Bertz CT molecular complexity index is 531. The van der Waals surface area contributed by atoms with Gasteiger partial charge in [-0.2, -0.15) is 4.89 Å². The van der Waals surface area contributed by atoms with Gasteiger partial charge in [0.1, 0.15) is 22.8 Å². The first kappa shape index (κ1) is 16.8. The van der Waals surface area contributed by atoms with Crippen LogP contribution < -0.4 is 5.32 Å². The van der Waals surface area contributed by atoms with E-state index in [0.29, 0.717) is 0 Å². The molecule has 0 aliphatic heterocycles. The van der Waals surface area contributed by atoms with Crippen LogP contribution in [0.1, 0.15) is 31.1 Å². The Kier molecular flexibility index (Phi) is 5.20. The van der Waals surface area contributed by atoms with E-state index >= 15 is 0 Å². The largest absolute Gasteiger partial charge is 0.465 e. The van der Waals surface area contributed by atoms with Crippen LogP contribution in [0.5, 0.6) is 0 Å². The second-order valence-electron chi connectivity index (χ2n) is 5.00. The van der Waals surface area contributed by atoms with Crippen molar-refractivity contribution in [3.8, 4) is 0 Å². The van der Waals surface area contributed by atoms with Crippen molar-refractivity contribution < 1.29 is 32.9 Å². The maximum Gasteiger partial charge on any atom is 0.443 e. The Balaban J connectivity index is 2.82. The maximum absolute atomic E-state index is 13.6. The molecule has 0 fully saturated rings. The molecule has 1 rings (SSSR count). The number of ether oxygens (including phenoxy) is 1. The summed E-state index contributed by atoms with van der Waals surface area (Å²) < 4.78 is 31.5. The van der Waals surface area contributed by atoms with E-state index in [2.05, 4.69) is 14.9 Å². The fraction of sp³-hybridized carbons (Fsp3) is 0.385. The third kappa shape index (κ3) is 4.99. The summed E-state index contributed by atoms with van der Waals surface area (Å²) in [6.45, 7) is 4.93. The minimum Gasteiger partial charge on any atom is -0.465 e. The van der Waals surface area contributed by atoms with Gasteiger partial charge in [-0.25, -0.2) is 18.4 Å². The number of carbonyl (C=O) groups excluding carboxylic acids is 2. The van der Waals surface area contributed by atoms with Crippen LogP contribution in [0, 0.1) is 11.6 Å². The number of amides is 1. The van der Waals surface area contributed by atoms with Gasteiger partial charge in [-0.1, -0.05) is 0 Å². The lowest BCUT2D eigenvalue weighted by atomic mass is 10.2. The molecule has 0 saturated carbocycles. The van der Waals surface area contributed by atoms with Gasteiger partial charge < -0.3 is 4.74 Å². The highest BCUT2D eigenvalue weighted by Crippen LogP contribution is 2.20. The van der Waals surface area contributed by atoms with Gasteiger partial charge in [0.25, 0.3) is 0 Å². The molecule has 0 aliphatic carbocycles. The first-order chi connectivity index (χ1) is 9.64. The van der Waals surface area contributed by atoms with Crippen LogP contribution in [0.3, 0.4) is 0 Å². The van der Waals surface area contributed by atoms with Crippen molar-refractivity contribution in [1.82, 2.24) is 0 Å². The van der Waals surface area contributed by atoms with E-state index in [4.69, 9.17) is 4.89 Å². The first-order valence-electron chi connectivity index (χ1n) is 5.88. The lowest BCUT2D eigenvalue weighted by Gasteiger charge is -2.16. The van der Waals surface area contributed by atoms with E-state index in [1.165, 1.54) is 0 Å². The van der Waals surface area contributed by atoms with Gasteiger partial charge in [-0.3, -0.25) is 10.2 Å². The van der Waals surface area contributed by atoms with E-state index in [1.54, 1.807) is 20.8 Å². The molecule has 1 aromatic rings. The number of halogens is 2. The molecule has 116 valence electrons. The predicted octanol–water partition coefficient (Wildman–Crippen LogP) is 3.03. The number of hydrogen-bond donors (Lipinski definition) is 1. The first-order valence-corrected chi connectivity index (χ1v) is 5.88. The fourth-order valence-electron chi connectivity index (χ4n) is 1.24. The van der Waals surface area contributed by atoms with E-state index in [9.17, 15) is 18.4 Å². The summed E-state index contributed by atoms with van der Waals surface area (Å²) in [6, 6.07) is 1.52. The van der Waals surface area contributed by atoms with Gasteiger partial charge in [0.15, 0.2) is 0 Å². The molecule has 0 unspecified atom stereocenters. The molecule has 0 aromatic heterocycles. The van der Waals surface area contributed by atoms with Crippen molar-refractivity contribution in [2.75, 3.05) is 12.4 Å². The molecule has 0 spiro atoms. The Morgan fingerprint density at radius 3 is 2.10 bits per heavy atom. The smallest absolute Gasteiger partial charge is 0.443 e. The van der Waals surface area contributed by atoms with E-state index in [0.717, 1.165) is 19.2 Å². The minimum atomic E-state index is -1.17. The second-order valence-corrected chi connectivity index (χ2v) is 5.00. The molecule has 0 heterocycles. The van der Waals surface area contributed by atoms with E-state index in [-0.39, 0.29) is 5.69 Å². The maximum atomic E-state index is 13.6. The molecule has 0 saturated heterocycles. The van der Waals surface area contributed by atoms with Gasteiger partial charge in [0.2, 0.25) is 0 Å². The van der Waals surface area contributed by atoms with Gasteiger partial charge >= 0.3 is 12.1 Å². The van der Waals surface area contributed by atoms with Gasteiger partial charge in [-0.15, -0.1) is 0 Å². The number of hydrogen-bond acceptors (Lipinski definition) is 5. The Morgan fingerprint density at radius 1 is 1.14 bits per heavy atom. The molecule has 1 amide bonds. The number of rotatable bonds is 3. The van der Waals surface area contributed by atoms with Crippen LogP contribution in [0.2, 0.25) is 0 Å². The number of anilines is 1. The average Bonchev–Trinajstić information content (AvgIpc) is 2.34. The normalized spacial score (nSPS) is 11.0. The molecule has 1 aromatic carbocycles. The number of carbonyl (C=O) groups is 2. The summed E-state index contributed by atoms with van der Waals surface area (Å²) in [6.07, 6.45) is -1.06. The molecule has 6 nitrogen and oxygen atoms in total. The van der Waals surface area contributed by atoms with Crippen LogP contribution in [0.25, 0.3) is 0 Å². The van der Waals surface area contributed by atoms with Crippen LogP contribution in [-0.2, 0) is 14.5 Å². The highest BCUT2D eigenvalue weighted by atomic mass is 19.1. The van der Waals surface area contributed by atoms with Gasteiger partial charge in [0, 0.05) is 5.69 Å². The quantitative estimate of drug-likeness (QED) is 0.528. The average molecular weight is 303 g/mol. The molecule has 0 radical (unpaired) electrons. The molecule has 8 heteroatoms. The summed E-state index contributed by atoms with van der Waals surface area (Å²) in [4.78, 5) is 31.7. The zero-order chi connectivity index (χ0) is 16.2. The van der Waals surface area contributed by atoms with Crippen molar-refractivity contribution in [1.29, 1.82) is 0 Å². The third-order valence-electron chi connectivity index (χ3n) is 2.05. The van der Waals surface area contributed by atoms with Crippen LogP contribution in [0.15, 0.2) is 12.1 Å². The Morgan fingerprint density at radius 2 is 1.67 bits per heavy atom. The number of benzene rings is 1. The molecular formula is C13H15F2NO5. The number of nitrogens with one attached hydrogen (secondary N) is 1. The van der Waals surface area contributed by atoms with Crippen molar-refractivity contribution in [2.45, 2.75) is 26.4 Å². The molecule has 0 atom stereocenters. The summed E-state index contributed by atoms with van der Waals surface area (Å²) in [5.41, 5.74) is -1.81. The molecule has 1 N–H and O–H groups in total. The van der Waals surface area contributed by atoms with Crippen molar-refractivity contribution in [3.05, 3.63) is 29.3 Å². The Hall–Kier alpha value is -2.22. The van der Waals surface area contributed by atoms with Crippen molar-refractivity contribution in [3.63, 3.8) is 0 Å². The van der Waals surface area contributed by atoms with Crippen LogP contribution >= 0.6 is 0 Å². The highest BCUT2D eigenvalue weighted by molar-refractivity contribution is 5.91. The zero-order valence-corrected chi connectivity index (χ0v) is 12.0. The fourth-order valence-corrected chi connectivity index (χ4v) is 1.24. The van der Waals surface area contributed by atoms with Crippen LogP contribution in [-0.4, -0.2) is 24.8 Å². The summed E-state index contributed by atoms with van der Waals surface area (Å²) >= 11 is 0. The minimum absolute atomic E-state index is 0.236. The zero-order valence-electron chi connectivity index (χ0n) is 12.0. The summed E-state index contributed by atoms with van der Waals surface area (Å²) in [7, 11) is 0.995. The topological polar surface area (TPSA) is 73.9 Å². The number of esters is 1. The number of methoxy groups -OCH3 is 1. The second kappa shape index (κ2) is 6.49. The summed E-state index contributed by atoms with van der Waals surface area (Å²) in [5, 5.41) is 2.06. The van der Waals surface area contributed by atoms with Gasteiger partial charge in [0.05, 0.1) is 7.11 Å². The lowest BCUT2D eigenvalue weighted by molar-refractivity contribution is -0.297. The van der Waals surface area contributed by atoms with Gasteiger partial charge in [-0.05, 0) is 32.9 Å². The monoisotopic (exact) mass is 303 g/mol. The molecular weight excluding hydrogens is 288 g/mol. The Labute approximate surface area is 119 Å². The molecule has 21 heavy (non-hydrogen) atoms. The van der Waals surface area contributed by atoms with Crippen LogP contribution in [0.4, 0.5) is 19.3 Å². The standard InChI is InChI=1S/C13H15F2NO5/c1-13(2,3)21-20-12(18)16-7-5-8(14)10(9(15)6-7)11(17)19-4/h5-6H,1-4H3,(H,16,18). The predicted molar refractivity (Wildman–Crippen MR) is 68.6 cm³/mol. The van der Waals surface area contributed by atoms with Crippen molar-refractivity contribution >= 4 is 17.7 Å². The SMILES string of the molecule is COC(=O)c1c(F)cc(NC(=O)OOC(C)(C)C)cc1F. The third-order valence-corrected chi connectivity index (χ3v) is 2.05. The summed E-state index contributed by atoms with van der Waals surface area (Å²) in [5.74, 6) is -3.50. The van der Waals surface area contributed by atoms with E-state index < -0.39 is 34.9 Å².